The fraction of sp³-hybridized carbons (Fsp3) is 0.364. The summed E-state index contributed by atoms with van der Waals surface area (Å²) in [5.74, 6) is 1.52. The SMILES string of the molecule is CCSC1=NC2(CCN(S(=O)(=O)c3ccc(OC)cc3)CC2)N=C1c1ccc(Cl)cc1. The Kier molecular flexibility index (Phi) is 6.44. The summed E-state index contributed by atoms with van der Waals surface area (Å²) < 4.78 is 32.8. The first-order valence-electron chi connectivity index (χ1n) is 10.1. The van der Waals surface area contributed by atoms with Gasteiger partial charge >= 0.3 is 0 Å². The maximum Gasteiger partial charge on any atom is 0.243 e. The van der Waals surface area contributed by atoms with Crippen LogP contribution in [0.5, 0.6) is 5.75 Å². The van der Waals surface area contributed by atoms with E-state index in [-0.39, 0.29) is 4.90 Å². The highest BCUT2D eigenvalue weighted by Gasteiger charge is 2.42. The number of piperidine rings is 1. The van der Waals surface area contributed by atoms with Crippen molar-refractivity contribution in [3.63, 3.8) is 0 Å². The molecule has 2 aromatic carbocycles. The van der Waals surface area contributed by atoms with E-state index >= 15 is 0 Å². The molecule has 1 saturated heterocycles. The van der Waals surface area contributed by atoms with Crippen LogP contribution in [-0.2, 0) is 10.0 Å². The van der Waals surface area contributed by atoms with Gasteiger partial charge in [0.25, 0.3) is 0 Å². The highest BCUT2D eigenvalue weighted by Crippen LogP contribution is 2.37. The lowest BCUT2D eigenvalue weighted by atomic mass is 10.00. The van der Waals surface area contributed by atoms with Crippen molar-refractivity contribution in [2.24, 2.45) is 9.98 Å². The molecule has 0 unspecified atom stereocenters. The second-order valence-corrected chi connectivity index (χ2v) is 11.0. The number of hydrogen-bond acceptors (Lipinski definition) is 6. The number of ether oxygens (including phenoxy) is 1. The van der Waals surface area contributed by atoms with Crippen molar-refractivity contribution in [2.45, 2.75) is 30.3 Å². The maximum atomic E-state index is 13.1. The van der Waals surface area contributed by atoms with Gasteiger partial charge in [0.05, 0.1) is 17.7 Å². The number of sulfonamides is 1. The van der Waals surface area contributed by atoms with Gasteiger partial charge in [-0.1, -0.05) is 30.7 Å². The lowest BCUT2D eigenvalue weighted by Crippen LogP contribution is -2.44. The normalized spacial score (nSPS) is 18.7. The molecule has 2 aromatic rings. The van der Waals surface area contributed by atoms with Crippen LogP contribution in [0.25, 0.3) is 0 Å². The third kappa shape index (κ3) is 4.53. The minimum absolute atomic E-state index is 0.270. The number of hydrogen-bond donors (Lipinski definition) is 0. The zero-order chi connectivity index (χ0) is 22.1. The van der Waals surface area contributed by atoms with Crippen LogP contribution in [0.4, 0.5) is 0 Å². The minimum Gasteiger partial charge on any atom is -0.497 e. The molecule has 4 rings (SSSR count). The average Bonchev–Trinajstić information content (AvgIpc) is 3.12. The molecule has 31 heavy (non-hydrogen) atoms. The van der Waals surface area contributed by atoms with Crippen molar-refractivity contribution >= 4 is 44.1 Å². The minimum atomic E-state index is -3.57. The third-order valence-corrected chi connectivity index (χ3v) is 8.46. The van der Waals surface area contributed by atoms with Crippen molar-refractivity contribution in [1.82, 2.24) is 4.31 Å². The largest absolute Gasteiger partial charge is 0.497 e. The molecule has 164 valence electrons. The summed E-state index contributed by atoms with van der Waals surface area (Å²) in [5, 5.41) is 1.59. The van der Waals surface area contributed by atoms with Crippen LogP contribution in [0.15, 0.2) is 63.4 Å². The van der Waals surface area contributed by atoms with E-state index in [1.165, 1.54) is 4.31 Å². The smallest absolute Gasteiger partial charge is 0.243 e. The van der Waals surface area contributed by atoms with Crippen LogP contribution in [0, 0.1) is 0 Å². The number of aliphatic imine (C=N–C) groups is 2. The summed E-state index contributed by atoms with van der Waals surface area (Å²) in [7, 11) is -2.01. The number of methoxy groups -OCH3 is 1. The Hall–Kier alpha value is -1.87. The molecule has 0 N–H and O–H groups in total. The standard InChI is InChI=1S/C22H24ClN3O3S2/c1-3-30-21-20(16-4-6-17(23)7-5-16)24-22(25-21)12-14-26(15-13-22)31(27,28)19-10-8-18(29-2)9-11-19/h4-11H,3,12-15H2,1-2H3. The van der Waals surface area contributed by atoms with E-state index in [0.717, 1.165) is 22.1 Å². The zero-order valence-electron chi connectivity index (χ0n) is 17.4. The van der Waals surface area contributed by atoms with Crippen molar-refractivity contribution < 1.29 is 13.2 Å². The molecule has 2 heterocycles. The first-order chi connectivity index (χ1) is 14.9. The Labute approximate surface area is 192 Å². The predicted molar refractivity (Wildman–Crippen MR) is 127 cm³/mol. The predicted octanol–water partition coefficient (Wildman–Crippen LogP) is 4.48. The molecule has 2 aliphatic rings. The maximum absolute atomic E-state index is 13.1. The molecule has 0 saturated carbocycles. The average molecular weight is 478 g/mol. The first-order valence-corrected chi connectivity index (χ1v) is 12.9. The van der Waals surface area contributed by atoms with Gasteiger partial charge in [0, 0.05) is 36.5 Å². The van der Waals surface area contributed by atoms with E-state index in [0.29, 0.717) is 36.7 Å². The molecule has 0 bridgehead atoms. The molecule has 1 fully saturated rings. The lowest BCUT2D eigenvalue weighted by molar-refractivity contribution is 0.249. The monoisotopic (exact) mass is 477 g/mol. The van der Waals surface area contributed by atoms with Crippen LogP contribution in [-0.4, -0.2) is 55.1 Å². The Morgan fingerprint density at radius 3 is 2.29 bits per heavy atom. The molecule has 0 radical (unpaired) electrons. The number of rotatable bonds is 5. The molecule has 9 heteroatoms. The van der Waals surface area contributed by atoms with E-state index in [1.807, 2.05) is 24.3 Å². The summed E-state index contributed by atoms with van der Waals surface area (Å²) >= 11 is 7.70. The summed E-state index contributed by atoms with van der Waals surface area (Å²) in [4.78, 5) is 10.2. The lowest BCUT2D eigenvalue weighted by Gasteiger charge is -2.34. The second kappa shape index (κ2) is 8.94. The first kappa shape index (κ1) is 22.3. The Bertz CT molecular complexity index is 1110. The highest BCUT2D eigenvalue weighted by molar-refractivity contribution is 8.15. The van der Waals surface area contributed by atoms with Gasteiger partial charge < -0.3 is 4.74 Å². The highest BCUT2D eigenvalue weighted by atomic mass is 35.5. The van der Waals surface area contributed by atoms with Crippen LogP contribution < -0.4 is 4.74 Å². The molecule has 1 spiro atoms. The number of halogens is 1. The van der Waals surface area contributed by atoms with Gasteiger partial charge in [-0.05, 0) is 42.2 Å². The van der Waals surface area contributed by atoms with Crippen molar-refractivity contribution in [3.05, 3.63) is 59.1 Å². The van der Waals surface area contributed by atoms with Crippen molar-refractivity contribution in [1.29, 1.82) is 0 Å². The van der Waals surface area contributed by atoms with Crippen LogP contribution in [0.3, 0.4) is 0 Å². The summed E-state index contributed by atoms with van der Waals surface area (Å²) in [6, 6.07) is 14.1. The molecule has 0 atom stereocenters. The van der Waals surface area contributed by atoms with E-state index in [9.17, 15) is 8.42 Å². The fourth-order valence-electron chi connectivity index (χ4n) is 3.76. The number of benzene rings is 2. The van der Waals surface area contributed by atoms with Crippen molar-refractivity contribution in [3.8, 4) is 5.75 Å². The molecule has 0 amide bonds. The van der Waals surface area contributed by atoms with Gasteiger partial charge in [-0.25, -0.2) is 13.4 Å². The van der Waals surface area contributed by atoms with Gasteiger partial charge in [0.1, 0.15) is 10.8 Å². The van der Waals surface area contributed by atoms with Gasteiger partial charge in [-0.15, -0.1) is 11.8 Å². The van der Waals surface area contributed by atoms with E-state index in [4.69, 9.17) is 26.3 Å². The molecule has 6 nitrogen and oxygen atoms in total. The van der Waals surface area contributed by atoms with Gasteiger partial charge in [0.15, 0.2) is 5.66 Å². The molecule has 2 aliphatic heterocycles. The Morgan fingerprint density at radius 1 is 1.06 bits per heavy atom. The summed E-state index contributed by atoms with van der Waals surface area (Å²) in [6.07, 6.45) is 1.10. The quantitative estimate of drug-likeness (QED) is 0.636. The van der Waals surface area contributed by atoms with E-state index in [2.05, 4.69) is 6.92 Å². The Morgan fingerprint density at radius 2 is 1.71 bits per heavy atom. The van der Waals surface area contributed by atoms with Gasteiger partial charge in [-0.2, -0.15) is 4.31 Å². The second-order valence-electron chi connectivity index (χ2n) is 7.38. The number of nitrogens with zero attached hydrogens (tertiary/aromatic N) is 3. The molecule has 0 aliphatic carbocycles. The summed E-state index contributed by atoms with van der Waals surface area (Å²) in [5.41, 5.74) is 1.25. The van der Waals surface area contributed by atoms with Gasteiger partial charge in [0.2, 0.25) is 10.0 Å². The van der Waals surface area contributed by atoms with E-state index in [1.54, 1.807) is 43.1 Å². The number of thioether (sulfide) groups is 1. The topological polar surface area (TPSA) is 71.3 Å². The zero-order valence-corrected chi connectivity index (χ0v) is 19.8. The Balaban J connectivity index is 1.55. The van der Waals surface area contributed by atoms with Crippen molar-refractivity contribution in [2.75, 3.05) is 26.0 Å². The van der Waals surface area contributed by atoms with Crippen LogP contribution >= 0.6 is 23.4 Å². The third-order valence-electron chi connectivity index (χ3n) is 5.45. The summed E-state index contributed by atoms with van der Waals surface area (Å²) in [6.45, 7) is 2.83. The molecular weight excluding hydrogens is 454 g/mol. The molecule has 0 aromatic heterocycles. The van der Waals surface area contributed by atoms with Crippen LogP contribution in [0.1, 0.15) is 25.3 Å². The van der Waals surface area contributed by atoms with Crippen LogP contribution in [0.2, 0.25) is 5.02 Å². The van der Waals surface area contributed by atoms with E-state index < -0.39 is 15.7 Å². The van der Waals surface area contributed by atoms with Gasteiger partial charge in [-0.3, -0.25) is 4.99 Å². The molecular formula is C22H24ClN3O3S2. The fourth-order valence-corrected chi connectivity index (χ4v) is 6.14.